The minimum atomic E-state index is 0.0709. The first-order chi connectivity index (χ1) is 7.66. The molecular weight excluding hydrogens is 220 g/mol. The Labute approximate surface area is 99.7 Å². The number of nitrogen functional groups attached to an aromatic ring is 1. The molecular formula is C11H16N4S. The number of nitrogens with zero attached hydrogens (tertiary/aromatic N) is 2. The highest BCUT2D eigenvalue weighted by molar-refractivity contribution is 8.00. The lowest BCUT2D eigenvalue weighted by Crippen LogP contribution is -2.37. The van der Waals surface area contributed by atoms with Crippen molar-refractivity contribution < 1.29 is 0 Å². The largest absolute Gasteiger partial charge is 0.384 e. The van der Waals surface area contributed by atoms with Gasteiger partial charge in [0.15, 0.2) is 0 Å². The van der Waals surface area contributed by atoms with Crippen LogP contribution in [0.5, 0.6) is 0 Å². The Hall–Kier alpha value is -1.23. The second-order valence-electron chi connectivity index (χ2n) is 3.95. The van der Waals surface area contributed by atoms with E-state index in [0.717, 1.165) is 24.7 Å². The van der Waals surface area contributed by atoms with Crippen molar-refractivity contribution in [2.24, 2.45) is 5.73 Å². The Kier molecular flexibility index (Phi) is 3.33. The Morgan fingerprint density at radius 2 is 2.44 bits per heavy atom. The second-order valence-corrected chi connectivity index (χ2v) is 5.49. The van der Waals surface area contributed by atoms with Gasteiger partial charge in [-0.2, -0.15) is 11.8 Å². The lowest BCUT2D eigenvalue weighted by atomic mass is 10.2. The van der Waals surface area contributed by atoms with E-state index in [-0.39, 0.29) is 5.84 Å². The third-order valence-electron chi connectivity index (χ3n) is 2.62. The van der Waals surface area contributed by atoms with Gasteiger partial charge in [-0.05, 0) is 12.1 Å². The van der Waals surface area contributed by atoms with Gasteiger partial charge in [-0.25, -0.2) is 4.98 Å². The first kappa shape index (κ1) is 11.3. The standard InChI is InChI=1S/C11H16N4S/c1-8-7-15(4-5-16-8)10-3-2-9(6-14-10)11(12)13/h2-3,6,8H,4-5,7H2,1H3,(H3,12,13). The number of rotatable bonds is 2. The van der Waals surface area contributed by atoms with E-state index in [2.05, 4.69) is 16.8 Å². The maximum Gasteiger partial charge on any atom is 0.128 e. The number of amidine groups is 1. The molecule has 0 aromatic carbocycles. The molecule has 16 heavy (non-hydrogen) atoms. The zero-order valence-electron chi connectivity index (χ0n) is 9.31. The third kappa shape index (κ3) is 2.47. The van der Waals surface area contributed by atoms with E-state index in [1.807, 2.05) is 23.9 Å². The van der Waals surface area contributed by atoms with E-state index in [0.29, 0.717) is 10.8 Å². The van der Waals surface area contributed by atoms with E-state index in [4.69, 9.17) is 11.1 Å². The Balaban J connectivity index is 2.11. The predicted octanol–water partition coefficient (Wildman–Crippen LogP) is 1.31. The van der Waals surface area contributed by atoms with Crippen LogP contribution in [0.4, 0.5) is 5.82 Å². The SMILES string of the molecule is CC1CN(c2ccc(C(=N)N)cn2)CCS1. The molecule has 86 valence electrons. The van der Waals surface area contributed by atoms with Gasteiger partial charge >= 0.3 is 0 Å². The van der Waals surface area contributed by atoms with Crippen LogP contribution in [0.3, 0.4) is 0 Å². The third-order valence-corrected chi connectivity index (χ3v) is 3.76. The molecule has 1 unspecified atom stereocenters. The number of anilines is 1. The zero-order chi connectivity index (χ0) is 11.5. The van der Waals surface area contributed by atoms with Crippen LogP contribution < -0.4 is 10.6 Å². The summed E-state index contributed by atoms with van der Waals surface area (Å²) < 4.78 is 0. The van der Waals surface area contributed by atoms with Gasteiger partial charge in [0.1, 0.15) is 11.7 Å². The number of nitrogens with one attached hydrogen (secondary N) is 1. The Morgan fingerprint density at radius 3 is 3.00 bits per heavy atom. The summed E-state index contributed by atoms with van der Waals surface area (Å²) in [6.07, 6.45) is 1.67. The molecule has 1 aromatic heterocycles. The van der Waals surface area contributed by atoms with Crippen molar-refractivity contribution in [3.63, 3.8) is 0 Å². The van der Waals surface area contributed by atoms with Crippen molar-refractivity contribution in [3.8, 4) is 0 Å². The van der Waals surface area contributed by atoms with Gasteiger partial charge in [0.2, 0.25) is 0 Å². The Morgan fingerprint density at radius 1 is 1.62 bits per heavy atom. The van der Waals surface area contributed by atoms with Gasteiger partial charge in [-0.1, -0.05) is 6.92 Å². The summed E-state index contributed by atoms with van der Waals surface area (Å²) in [5.74, 6) is 2.20. The van der Waals surface area contributed by atoms with E-state index >= 15 is 0 Å². The molecule has 3 N–H and O–H groups in total. The number of aromatic nitrogens is 1. The molecule has 0 aliphatic carbocycles. The first-order valence-electron chi connectivity index (χ1n) is 5.34. The minimum Gasteiger partial charge on any atom is -0.384 e. The van der Waals surface area contributed by atoms with Gasteiger partial charge in [0.25, 0.3) is 0 Å². The van der Waals surface area contributed by atoms with Crippen LogP contribution in [0.15, 0.2) is 18.3 Å². The molecule has 1 aromatic rings. The van der Waals surface area contributed by atoms with E-state index < -0.39 is 0 Å². The molecule has 1 atom stereocenters. The van der Waals surface area contributed by atoms with Gasteiger partial charge in [0, 0.05) is 35.9 Å². The molecule has 1 aliphatic rings. The van der Waals surface area contributed by atoms with Crippen molar-refractivity contribution in [2.45, 2.75) is 12.2 Å². The minimum absolute atomic E-state index is 0.0709. The van der Waals surface area contributed by atoms with Crippen molar-refractivity contribution in [1.82, 2.24) is 4.98 Å². The summed E-state index contributed by atoms with van der Waals surface area (Å²) in [6.45, 7) is 4.32. The fourth-order valence-electron chi connectivity index (χ4n) is 1.76. The van der Waals surface area contributed by atoms with Crippen molar-refractivity contribution >= 4 is 23.4 Å². The molecule has 0 radical (unpaired) electrons. The highest BCUT2D eigenvalue weighted by Gasteiger charge is 2.17. The molecule has 2 heterocycles. The Bertz CT molecular complexity index is 376. The van der Waals surface area contributed by atoms with Crippen molar-refractivity contribution in [3.05, 3.63) is 23.9 Å². The number of nitrogens with two attached hydrogens (primary N) is 1. The van der Waals surface area contributed by atoms with Crippen LogP contribution >= 0.6 is 11.8 Å². The fourth-order valence-corrected chi connectivity index (χ4v) is 2.77. The maximum atomic E-state index is 7.30. The second kappa shape index (κ2) is 4.74. The van der Waals surface area contributed by atoms with Gasteiger partial charge in [0.05, 0.1) is 0 Å². The average molecular weight is 236 g/mol. The molecule has 0 spiro atoms. The molecule has 4 nitrogen and oxygen atoms in total. The van der Waals surface area contributed by atoms with E-state index in [1.54, 1.807) is 6.20 Å². The van der Waals surface area contributed by atoms with Crippen LogP contribution in [0.1, 0.15) is 12.5 Å². The zero-order valence-corrected chi connectivity index (χ0v) is 10.1. The highest BCUT2D eigenvalue weighted by atomic mass is 32.2. The topological polar surface area (TPSA) is 66.0 Å². The van der Waals surface area contributed by atoms with Crippen LogP contribution in [0.25, 0.3) is 0 Å². The number of thioether (sulfide) groups is 1. The quantitative estimate of drug-likeness (QED) is 0.600. The normalized spacial score (nSPS) is 20.8. The fraction of sp³-hybridized carbons (Fsp3) is 0.455. The molecule has 0 amide bonds. The average Bonchev–Trinajstić information content (AvgIpc) is 2.29. The van der Waals surface area contributed by atoms with Crippen LogP contribution in [0, 0.1) is 5.41 Å². The monoisotopic (exact) mass is 236 g/mol. The van der Waals surface area contributed by atoms with E-state index in [9.17, 15) is 0 Å². The van der Waals surface area contributed by atoms with Gasteiger partial charge in [-0.3, -0.25) is 5.41 Å². The first-order valence-corrected chi connectivity index (χ1v) is 6.38. The summed E-state index contributed by atoms with van der Waals surface area (Å²) >= 11 is 2.00. The van der Waals surface area contributed by atoms with E-state index in [1.165, 1.54) is 0 Å². The predicted molar refractivity (Wildman–Crippen MR) is 69.4 cm³/mol. The molecule has 0 saturated carbocycles. The summed E-state index contributed by atoms with van der Waals surface area (Å²) in [7, 11) is 0. The lowest BCUT2D eigenvalue weighted by molar-refractivity contribution is 0.770. The number of hydrogen-bond donors (Lipinski definition) is 2. The summed E-state index contributed by atoms with van der Waals surface area (Å²) in [6, 6.07) is 3.80. The molecule has 5 heteroatoms. The summed E-state index contributed by atoms with van der Waals surface area (Å²) in [4.78, 5) is 6.64. The van der Waals surface area contributed by atoms with Gasteiger partial charge < -0.3 is 10.6 Å². The number of pyridine rings is 1. The molecule has 1 aliphatic heterocycles. The molecule has 1 saturated heterocycles. The van der Waals surface area contributed by atoms with Gasteiger partial charge in [-0.15, -0.1) is 0 Å². The number of hydrogen-bond acceptors (Lipinski definition) is 4. The van der Waals surface area contributed by atoms with Crippen molar-refractivity contribution in [1.29, 1.82) is 5.41 Å². The highest BCUT2D eigenvalue weighted by Crippen LogP contribution is 2.22. The maximum absolute atomic E-state index is 7.30. The summed E-state index contributed by atoms with van der Waals surface area (Å²) in [5.41, 5.74) is 6.07. The van der Waals surface area contributed by atoms with Crippen molar-refractivity contribution in [2.75, 3.05) is 23.7 Å². The smallest absolute Gasteiger partial charge is 0.128 e. The molecule has 2 rings (SSSR count). The molecule has 1 fully saturated rings. The van der Waals surface area contributed by atoms with Crippen LogP contribution in [-0.4, -0.2) is 34.9 Å². The van der Waals surface area contributed by atoms with Crippen LogP contribution in [-0.2, 0) is 0 Å². The summed E-state index contributed by atoms with van der Waals surface area (Å²) in [5, 5.41) is 7.96. The van der Waals surface area contributed by atoms with Crippen LogP contribution in [0.2, 0.25) is 0 Å². The molecule has 0 bridgehead atoms. The lowest BCUT2D eigenvalue weighted by Gasteiger charge is -2.31.